The average Bonchev–Trinajstić information content (AvgIpc) is 2.21. The van der Waals surface area contributed by atoms with Gasteiger partial charge in [-0.2, -0.15) is 0 Å². The van der Waals surface area contributed by atoms with E-state index >= 15 is 0 Å². The third-order valence-electron chi connectivity index (χ3n) is 3.02. The van der Waals surface area contributed by atoms with Crippen molar-refractivity contribution in [3.8, 4) is 0 Å². The second kappa shape index (κ2) is 5.26. The highest BCUT2D eigenvalue weighted by Gasteiger charge is 2.23. The van der Waals surface area contributed by atoms with Gasteiger partial charge in [-0.05, 0) is 30.9 Å². The van der Waals surface area contributed by atoms with Gasteiger partial charge in [0.05, 0.1) is 0 Å². The fourth-order valence-electron chi connectivity index (χ4n) is 1.59. The van der Waals surface area contributed by atoms with Crippen molar-refractivity contribution in [1.82, 2.24) is 0 Å². The molecule has 0 aliphatic heterocycles. The molecule has 0 aliphatic carbocycles. The lowest BCUT2D eigenvalue weighted by molar-refractivity contribution is -0.124. The summed E-state index contributed by atoms with van der Waals surface area (Å²) in [5.41, 5.74) is 2.01. The van der Waals surface area contributed by atoms with E-state index in [1.807, 2.05) is 38.1 Å². The summed E-state index contributed by atoms with van der Waals surface area (Å²) in [4.78, 5) is 11.4. The number of benzene rings is 1. The first-order chi connectivity index (χ1) is 7.45. The summed E-state index contributed by atoms with van der Waals surface area (Å²) in [6.45, 7) is 5.76. The van der Waals surface area contributed by atoms with Crippen LogP contribution in [0.1, 0.15) is 31.9 Å². The minimum Gasteiger partial charge on any atom is -0.396 e. The van der Waals surface area contributed by atoms with Gasteiger partial charge >= 0.3 is 0 Å². The molecule has 1 aromatic carbocycles. The molecule has 2 nitrogen and oxygen atoms in total. The van der Waals surface area contributed by atoms with E-state index in [2.05, 4.69) is 0 Å². The van der Waals surface area contributed by atoms with Crippen LogP contribution >= 0.6 is 0 Å². The maximum atomic E-state index is 11.4. The Labute approximate surface area is 97.3 Å². The summed E-state index contributed by atoms with van der Waals surface area (Å²) in [6, 6.07) is 8.11. The van der Waals surface area contributed by atoms with E-state index in [0.717, 1.165) is 12.0 Å². The fourth-order valence-corrected chi connectivity index (χ4v) is 1.59. The molecule has 0 aromatic heterocycles. The molecule has 0 radical (unpaired) electrons. The number of aliphatic hydroxyl groups excluding tert-OH is 1. The zero-order valence-corrected chi connectivity index (χ0v) is 10.3. The molecule has 0 saturated carbocycles. The summed E-state index contributed by atoms with van der Waals surface area (Å²) < 4.78 is 0. The largest absolute Gasteiger partial charge is 0.396 e. The van der Waals surface area contributed by atoms with Crippen LogP contribution in [0.15, 0.2) is 24.3 Å². The topological polar surface area (TPSA) is 37.3 Å². The molecule has 0 spiro atoms. The molecule has 0 amide bonds. The van der Waals surface area contributed by atoms with E-state index in [9.17, 15) is 4.79 Å². The first-order valence-electron chi connectivity index (χ1n) is 5.65. The van der Waals surface area contributed by atoms with Gasteiger partial charge in [-0.25, -0.2) is 0 Å². The Morgan fingerprint density at radius 2 is 1.69 bits per heavy atom. The zero-order chi connectivity index (χ0) is 12.2. The molecule has 0 heterocycles. The second-order valence-corrected chi connectivity index (χ2v) is 4.91. The number of ketones is 1. The third-order valence-corrected chi connectivity index (χ3v) is 3.02. The van der Waals surface area contributed by atoms with Crippen LogP contribution in [0.2, 0.25) is 0 Å². The van der Waals surface area contributed by atoms with Gasteiger partial charge < -0.3 is 5.11 Å². The lowest BCUT2D eigenvalue weighted by Gasteiger charge is -2.21. The third kappa shape index (κ3) is 3.46. The Morgan fingerprint density at radius 3 is 2.12 bits per heavy atom. The first-order valence-corrected chi connectivity index (χ1v) is 5.65. The van der Waals surface area contributed by atoms with Crippen molar-refractivity contribution in [1.29, 1.82) is 0 Å². The standard InChI is InChI=1S/C14H20O2/c1-11(16)14(2,3)10-13-6-4-12(5-7-13)8-9-15/h4-7,15H,8-10H2,1-3H3. The predicted molar refractivity (Wildman–Crippen MR) is 65.4 cm³/mol. The molecular formula is C14H20O2. The summed E-state index contributed by atoms with van der Waals surface area (Å²) in [5.74, 6) is 0.215. The average molecular weight is 220 g/mol. The minimum atomic E-state index is -0.293. The lowest BCUT2D eigenvalue weighted by Crippen LogP contribution is -2.24. The Bertz CT molecular complexity index is 350. The minimum absolute atomic E-state index is 0.179. The molecule has 0 bridgehead atoms. The van der Waals surface area contributed by atoms with Crippen molar-refractivity contribution < 1.29 is 9.90 Å². The van der Waals surface area contributed by atoms with E-state index in [4.69, 9.17) is 5.11 Å². The van der Waals surface area contributed by atoms with E-state index < -0.39 is 0 Å². The van der Waals surface area contributed by atoms with Gasteiger partial charge in [-0.1, -0.05) is 38.1 Å². The van der Waals surface area contributed by atoms with Crippen LogP contribution in [-0.4, -0.2) is 17.5 Å². The second-order valence-electron chi connectivity index (χ2n) is 4.91. The number of aliphatic hydroxyl groups is 1. The highest BCUT2D eigenvalue weighted by molar-refractivity contribution is 5.81. The SMILES string of the molecule is CC(=O)C(C)(C)Cc1ccc(CCO)cc1. The first kappa shape index (κ1) is 12.9. The Kier molecular flexibility index (Phi) is 4.25. The van der Waals surface area contributed by atoms with Gasteiger partial charge in [0.25, 0.3) is 0 Å². The maximum absolute atomic E-state index is 11.4. The predicted octanol–water partition coefficient (Wildman–Crippen LogP) is 2.38. The van der Waals surface area contributed by atoms with Gasteiger partial charge in [0, 0.05) is 12.0 Å². The van der Waals surface area contributed by atoms with E-state index in [-0.39, 0.29) is 17.8 Å². The summed E-state index contributed by atoms with van der Waals surface area (Å²) in [6.07, 6.45) is 1.46. The van der Waals surface area contributed by atoms with Gasteiger partial charge in [-0.3, -0.25) is 4.79 Å². The molecule has 0 atom stereocenters. The maximum Gasteiger partial charge on any atom is 0.135 e. The van der Waals surface area contributed by atoms with Crippen LogP contribution in [-0.2, 0) is 17.6 Å². The van der Waals surface area contributed by atoms with Crippen molar-refractivity contribution in [2.24, 2.45) is 5.41 Å². The number of hydrogen-bond acceptors (Lipinski definition) is 2. The van der Waals surface area contributed by atoms with Crippen molar-refractivity contribution in [2.75, 3.05) is 6.61 Å². The molecule has 0 aliphatic rings. The van der Waals surface area contributed by atoms with Crippen LogP contribution in [0.5, 0.6) is 0 Å². The number of hydrogen-bond donors (Lipinski definition) is 1. The number of carbonyl (C=O) groups excluding carboxylic acids is 1. The van der Waals surface area contributed by atoms with Gasteiger partial charge in [0.15, 0.2) is 0 Å². The normalized spacial score (nSPS) is 11.5. The molecule has 88 valence electrons. The Morgan fingerprint density at radius 1 is 1.19 bits per heavy atom. The smallest absolute Gasteiger partial charge is 0.135 e. The van der Waals surface area contributed by atoms with E-state index in [0.29, 0.717) is 6.42 Å². The molecule has 0 saturated heterocycles. The van der Waals surface area contributed by atoms with Crippen LogP contribution in [0, 0.1) is 5.41 Å². The number of carbonyl (C=O) groups is 1. The summed E-state index contributed by atoms with van der Waals surface area (Å²) in [5, 5.41) is 8.80. The highest BCUT2D eigenvalue weighted by atomic mass is 16.2. The van der Waals surface area contributed by atoms with Crippen molar-refractivity contribution >= 4 is 5.78 Å². The zero-order valence-electron chi connectivity index (χ0n) is 10.3. The number of Topliss-reactive ketones (excluding diaryl/α,β-unsaturated/α-hetero) is 1. The molecule has 1 aromatic rings. The molecule has 16 heavy (non-hydrogen) atoms. The van der Waals surface area contributed by atoms with E-state index in [1.165, 1.54) is 5.56 Å². The molecule has 1 N–H and O–H groups in total. The van der Waals surface area contributed by atoms with Crippen molar-refractivity contribution in [3.05, 3.63) is 35.4 Å². The summed E-state index contributed by atoms with van der Waals surface area (Å²) >= 11 is 0. The molecular weight excluding hydrogens is 200 g/mol. The monoisotopic (exact) mass is 220 g/mol. The highest BCUT2D eigenvalue weighted by Crippen LogP contribution is 2.23. The molecule has 0 unspecified atom stereocenters. The van der Waals surface area contributed by atoms with Crippen molar-refractivity contribution in [2.45, 2.75) is 33.6 Å². The van der Waals surface area contributed by atoms with Gasteiger partial charge in [-0.15, -0.1) is 0 Å². The lowest BCUT2D eigenvalue weighted by atomic mass is 9.82. The Hall–Kier alpha value is -1.15. The number of rotatable bonds is 5. The Balaban J connectivity index is 2.72. The van der Waals surface area contributed by atoms with Gasteiger partial charge in [0.1, 0.15) is 5.78 Å². The fraction of sp³-hybridized carbons (Fsp3) is 0.500. The van der Waals surface area contributed by atoms with Crippen LogP contribution in [0.4, 0.5) is 0 Å². The molecule has 0 fully saturated rings. The molecule has 1 rings (SSSR count). The van der Waals surface area contributed by atoms with Crippen molar-refractivity contribution in [3.63, 3.8) is 0 Å². The van der Waals surface area contributed by atoms with E-state index in [1.54, 1.807) is 6.92 Å². The molecule has 2 heteroatoms. The van der Waals surface area contributed by atoms with Crippen LogP contribution in [0.3, 0.4) is 0 Å². The van der Waals surface area contributed by atoms with Gasteiger partial charge in [0.2, 0.25) is 0 Å². The summed E-state index contributed by atoms with van der Waals surface area (Å²) in [7, 11) is 0. The van der Waals surface area contributed by atoms with Crippen LogP contribution in [0.25, 0.3) is 0 Å². The quantitative estimate of drug-likeness (QED) is 0.827. The van der Waals surface area contributed by atoms with Crippen LogP contribution < -0.4 is 0 Å².